The lowest BCUT2D eigenvalue weighted by atomic mass is 10.1. The minimum absolute atomic E-state index is 0.143. The zero-order valence-electron chi connectivity index (χ0n) is 13.3. The van der Waals surface area contributed by atoms with Crippen LogP contribution >= 0.6 is 0 Å². The zero-order chi connectivity index (χ0) is 17.3. The van der Waals surface area contributed by atoms with Gasteiger partial charge in [-0.15, -0.1) is 0 Å². The fraction of sp³-hybridized carbons (Fsp3) is 0.167. The summed E-state index contributed by atoms with van der Waals surface area (Å²) in [6.07, 6.45) is 2.99. The Hall–Kier alpha value is -3.15. The molecule has 0 saturated heterocycles. The number of aryl methyl sites for hydroxylation is 1. The smallest absolute Gasteiger partial charge is 0.307 e. The molecule has 0 amide bonds. The van der Waals surface area contributed by atoms with Gasteiger partial charge in [-0.2, -0.15) is 0 Å². The van der Waals surface area contributed by atoms with Gasteiger partial charge in [-0.25, -0.2) is 0 Å². The highest BCUT2D eigenvalue weighted by Gasteiger charge is 2.19. The second kappa shape index (κ2) is 6.16. The van der Waals surface area contributed by atoms with Gasteiger partial charge in [0.05, 0.1) is 36.5 Å². The summed E-state index contributed by atoms with van der Waals surface area (Å²) in [6.45, 7) is 1.75. The first kappa shape index (κ1) is 15.7. The molecule has 3 rings (SSSR count). The number of carboxylic acid groups (broad SMARTS) is 1. The van der Waals surface area contributed by atoms with Crippen molar-refractivity contribution in [2.45, 2.75) is 13.3 Å². The number of hydrogen-bond acceptors (Lipinski definition) is 4. The summed E-state index contributed by atoms with van der Waals surface area (Å²) >= 11 is 0. The molecule has 0 unspecified atom stereocenters. The van der Waals surface area contributed by atoms with E-state index >= 15 is 0 Å². The first-order chi connectivity index (χ1) is 11.5. The molecule has 6 nitrogen and oxygen atoms in total. The average Bonchev–Trinajstić information content (AvgIpc) is 2.93. The number of carboxylic acids is 1. The molecule has 0 atom stereocenters. The molecule has 0 spiro atoms. The Balaban J connectivity index is 2.15. The maximum atomic E-state index is 13.0. The van der Waals surface area contributed by atoms with Gasteiger partial charge in [0.15, 0.2) is 0 Å². The van der Waals surface area contributed by atoms with Crippen molar-refractivity contribution in [3.05, 3.63) is 59.5 Å². The van der Waals surface area contributed by atoms with E-state index in [1.54, 1.807) is 31.5 Å². The van der Waals surface area contributed by atoms with Crippen LogP contribution in [0.25, 0.3) is 10.9 Å². The van der Waals surface area contributed by atoms with Crippen molar-refractivity contribution in [1.29, 1.82) is 0 Å². The summed E-state index contributed by atoms with van der Waals surface area (Å²) in [6, 6.07) is 8.88. The average molecular weight is 324 g/mol. The number of ether oxygens (including phenoxy) is 1. The lowest BCUT2D eigenvalue weighted by Gasteiger charge is -2.08. The topological polar surface area (TPSA) is 81.4 Å². The van der Waals surface area contributed by atoms with Crippen LogP contribution in [-0.2, 0) is 11.2 Å². The van der Waals surface area contributed by atoms with Crippen LogP contribution in [0.1, 0.15) is 21.6 Å². The maximum absolute atomic E-state index is 13.0. The van der Waals surface area contributed by atoms with E-state index in [2.05, 4.69) is 4.98 Å². The minimum atomic E-state index is -0.940. The third kappa shape index (κ3) is 2.74. The van der Waals surface area contributed by atoms with E-state index in [9.17, 15) is 9.59 Å². The van der Waals surface area contributed by atoms with Crippen LogP contribution < -0.4 is 4.74 Å². The number of para-hydroxylation sites is 1. The van der Waals surface area contributed by atoms with Gasteiger partial charge >= 0.3 is 5.97 Å². The van der Waals surface area contributed by atoms with Gasteiger partial charge in [0.1, 0.15) is 5.75 Å². The van der Waals surface area contributed by atoms with Crippen LogP contribution in [0, 0.1) is 6.92 Å². The number of pyridine rings is 1. The molecule has 0 aliphatic carbocycles. The normalized spacial score (nSPS) is 10.8. The lowest BCUT2D eigenvalue weighted by Crippen LogP contribution is -2.13. The summed E-state index contributed by atoms with van der Waals surface area (Å²) in [5.74, 6) is -0.720. The van der Waals surface area contributed by atoms with E-state index in [1.807, 2.05) is 18.2 Å². The van der Waals surface area contributed by atoms with E-state index in [-0.39, 0.29) is 12.3 Å². The maximum Gasteiger partial charge on any atom is 0.307 e. The number of benzene rings is 1. The highest BCUT2D eigenvalue weighted by atomic mass is 16.5. The number of fused-ring (bicyclic) bond motifs is 1. The fourth-order valence-corrected chi connectivity index (χ4v) is 2.69. The van der Waals surface area contributed by atoms with Gasteiger partial charge in [0.2, 0.25) is 0 Å². The first-order valence-corrected chi connectivity index (χ1v) is 7.37. The third-order valence-corrected chi connectivity index (χ3v) is 3.88. The molecule has 0 bridgehead atoms. The van der Waals surface area contributed by atoms with Crippen LogP contribution in [0.2, 0.25) is 0 Å². The number of nitrogens with zero attached hydrogens (tertiary/aromatic N) is 2. The molecule has 1 aromatic carbocycles. The molecular weight excluding hydrogens is 308 g/mol. The fourth-order valence-electron chi connectivity index (χ4n) is 2.69. The predicted molar refractivity (Wildman–Crippen MR) is 88.5 cm³/mol. The molecule has 0 saturated carbocycles. The van der Waals surface area contributed by atoms with Crippen molar-refractivity contribution >= 4 is 22.8 Å². The van der Waals surface area contributed by atoms with Crippen LogP contribution in [0.5, 0.6) is 5.75 Å². The van der Waals surface area contributed by atoms with Crippen LogP contribution in [-0.4, -0.2) is 33.6 Å². The molecule has 0 radical (unpaired) electrons. The molecule has 0 aliphatic heterocycles. The molecule has 122 valence electrons. The Bertz CT molecular complexity index is 943. The van der Waals surface area contributed by atoms with Crippen molar-refractivity contribution in [3.8, 4) is 5.75 Å². The molecule has 2 heterocycles. The third-order valence-electron chi connectivity index (χ3n) is 3.88. The molecule has 6 heteroatoms. The molecule has 0 fully saturated rings. The lowest BCUT2D eigenvalue weighted by molar-refractivity contribution is -0.136. The number of carbonyl (C=O) groups is 2. The van der Waals surface area contributed by atoms with Crippen molar-refractivity contribution in [1.82, 2.24) is 9.55 Å². The van der Waals surface area contributed by atoms with Crippen molar-refractivity contribution < 1.29 is 19.4 Å². The summed E-state index contributed by atoms with van der Waals surface area (Å²) in [5.41, 5.74) is 2.26. The summed E-state index contributed by atoms with van der Waals surface area (Å²) in [4.78, 5) is 28.2. The van der Waals surface area contributed by atoms with Crippen molar-refractivity contribution in [2.24, 2.45) is 0 Å². The monoisotopic (exact) mass is 324 g/mol. The van der Waals surface area contributed by atoms with Gasteiger partial charge in [-0.1, -0.05) is 18.2 Å². The number of aliphatic carboxylic acids is 1. The van der Waals surface area contributed by atoms with E-state index in [1.165, 1.54) is 11.7 Å². The first-order valence-electron chi connectivity index (χ1n) is 7.37. The molecule has 0 aliphatic rings. The Labute approximate surface area is 138 Å². The quantitative estimate of drug-likeness (QED) is 0.798. The minimum Gasteiger partial charge on any atom is -0.495 e. The highest BCUT2D eigenvalue weighted by molar-refractivity contribution is 6.04. The summed E-state index contributed by atoms with van der Waals surface area (Å²) in [5, 5.41) is 9.83. The SMILES string of the molecule is COc1cnc(C)c(C(=O)n2cc(CC(=O)O)c3ccccc32)c1. The molecule has 1 N–H and O–H groups in total. The van der Waals surface area contributed by atoms with Gasteiger partial charge in [-0.3, -0.25) is 19.1 Å². The molecular formula is C18H16N2O4. The predicted octanol–water partition coefficient (Wildman–Crippen LogP) is 2.67. The Morgan fingerprint density at radius 2 is 2.04 bits per heavy atom. The van der Waals surface area contributed by atoms with E-state index in [0.717, 1.165) is 5.39 Å². The zero-order valence-corrected chi connectivity index (χ0v) is 13.3. The highest BCUT2D eigenvalue weighted by Crippen LogP contribution is 2.24. The molecule has 24 heavy (non-hydrogen) atoms. The molecule has 2 aromatic heterocycles. The molecule has 3 aromatic rings. The standard InChI is InChI=1S/C18H16N2O4/c1-11-15(8-13(24-2)9-19-11)18(23)20-10-12(7-17(21)22)14-5-3-4-6-16(14)20/h3-6,8-10H,7H2,1-2H3,(H,21,22). The number of methoxy groups -OCH3 is 1. The van der Waals surface area contributed by atoms with Gasteiger partial charge in [0.25, 0.3) is 5.91 Å². The second-order valence-electron chi connectivity index (χ2n) is 5.43. The van der Waals surface area contributed by atoms with E-state index in [4.69, 9.17) is 9.84 Å². The number of carbonyl (C=O) groups excluding carboxylic acids is 1. The van der Waals surface area contributed by atoms with Crippen molar-refractivity contribution in [2.75, 3.05) is 7.11 Å². The Morgan fingerprint density at radius 3 is 2.75 bits per heavy atom. The summed E-state index contributed by atoms with van der Waals surface area (Å²) < 4.78 is 6.61. The number of rotatable bonds is 4. The van der Waals surface area contributed by atoms with Gasteiger partial charge in [-0.05, 0) is 24.6 Å². The van der Waals surface area contributed by atoms with Crippen LogP contribution in [0.3, 0.4) is 0 Å². The van der Waals surface area contributed by atoms with E-state index in [0.29, 0.717) is 28.1 Å². The largest absolute Gasteiger partial charge is 0.495 e. The van der Waals surface area contributed by atoms with E-state index < -0.39 is 5.97 Å². The van der Waals surface area contributed by atoms with Crippen LogP contribution in [0.4, 0.5) is 0 Å². The van der Waals surface area contributed by atoms with Gasteiger partial charge < -0.3 is 9.84 Å². The second-order valence-corrected chi connectivity index (χ2v) is 5.43. The number of hydrogen-bond donors (Lipinski definition) is 1. The Kier molecular flexibility index (Phi) is 4.04. The Morgan fingerprint density at radius 1 is 1.29 bits per heavy atom. The van der Waals surface area contributed by atoms with Crippen LogP contribution in [0.15, 0.2) is 42.7 Å². The number of aromatic nitrogens is 2. The van der Waals surface area contributed by atoms with Crippen molar-refractivity contribution in [3.63, 3.8) is 0 Å². The van der Waals surface area contributed by atoms with Gasteiger partial charge in [0, 0.05) is 11.6 Å². The summed E-state index contributed by atoms with van der Waals surface area (Å²) in [7, 11) is 1.51.